The molecule has 0 unspecified atom stereocenters. The number of rotatable bonds is 7. The molecule has 1 aromatic carbocycles. The number of nitrogens with one attached hydrogen (secondary N) is 2. The number of likely N-dealkylation sites (N-methyl/N-ethyl adjacent to an activating group) is 1. The summed E-state index contributed by atoms with van der Waals surface area (Å²) < 4.78 is 1.74. The SMILES string of the molecule is CCN(CC(=O)O)C1CC(NC(=O)Nc2cc(C)ccc2-n2cc(C)cn2)C1. The predicted molar refractivity (Wildman–Crippen MR) is 107 cm³/mol. The van der Waals surface area contributed by atoms with Crippen molar-refractivity contribution in [2.24, 2.45) is 0 Å². The van der Waals surface area contributed by atoms with Crippen LogP contribution in [0, 0.1) is 13.8 Å². The molecule has 0 aliphatic heterocycles. The smallest absolute Gasteiger partial charge is 0.319 e. The highest BCUT2D eigenvalue weighted by atomic mass is 16.4. The van der Waals surface area contributed by atoms with Gasteiger partial charge in [0, 0.05) is 18.3 Å². The molecule has 1 aromatic heterocycles. The van der Waals surface area contributed by atoms with E-state index >= 15 is 0 Å². The third-order valence-corrected chi connectivity index (χ3v) is 5.07. The number of aromatic nitrogens is 2. The standard InChI is InChI=1S/C20H27N5O3/c1-4-24(12-19(26)27)16-8-15(9-16)22-20(28)23-17-7-13(2)5-6-18(17)25-11-14(3)10-21-25/h5-7,10-11,15-16H,4,8-9,12H2,1-3H3,(H,26,27)(H2,22,23,28). The highest BCUT2D eigenvalue weighted by molar-refractivity contribution is 5.92. The van der Waals surface area contributed by atoms with Gasteiger partial charge in [0.05, 0.1) is 24.1 Å². The van der Waals surface area contributed by atoms with Gasteiger partial charge in [0.15, 0.2) is 0 Å². The summed E-state index contributed by atoms with van der Waals surface area (Å²) >= 11 is 0. The number of urea groups is 1. The molecule has 1 aliphatic rings. The van der Waals surface area contributed by atoms with E-state index in [1.807, 2.05) is 50.1 Å². The van der Waals surface area contributed by atoms with Crippen LogP contribution in [0.25, 0.3) is 5.69 Å². The van der Waals surface area contributed by atoms with Gasteiger partial charge in [-0.05, 0) is 56.5 Å². The minimum Gasteiger partial charge on any atom is -0.480 e. The molecule has 0 spiro atoms. The summed E-state index contributed by atoms with van der Waals surface area (Å²) in [6.07, 6.45) is 5.20. The van der Waals surface area contributed by atoms with Crippen LogP contribution in [0.5, 0.6) is 0 Å². The first-order chi connectivity index (χ1) is 13.4. The van der Waals surface area contributed by atoms with E-state index in [1.165, 1.54) is 0 Å². The zero-order valence-corrected chi connectivity index (χ0v) is 16.5. The molecule has 0 bridgehead atoms. The monoisotopic (exact) mass is 385 g/mol. The van der Waals surface area contributed by atoms with Crippen molar-refractivity contribution in [1.82, 2.24) is 20.0 Å². The van der Waals surface area contributed by atoms with E-state index < -0.39 is 5.97 Å². The van der Waals surface area contributed by atoms with Crippen molar-refractivity contribution in [1.29, 1.82) is 0 Å². The van der Waals surface area contributed by atoms with Crippen molar-refractivity contribution < 1.29 is 14.7 Å². The first-order valence-electron chi connectivity index (χ1n) is 9.51. The Morgan fingerprint density at radius 2 is 2.04 bits per heavy atom. The van der Waals surface area contributed by atoms with Crippen molar-refractivity contribution in [3.8, 4) is 5.69 Å². The largest absolute Gasteiger partial charge is 0.480 e. The van der Waals surface area contributed by atoms with Crippen LogP contribution in [0.15, 0.2) is 30.6 Å². The molecule has 0 atom stereocenters. The lowest BCUT2D eigenvalue weighted by Gasteiger charge is -2.42. The number of carboxylic acid groups (broad SMARTS) is 1. The number of carbonyl (C=O) groups excluding carboxylic acids is 1. The number of nitrogens with zero attached hydrogens (tertiary/aromatic N) is 3. The van der Waals surface area contributed by atoms with Crippen molar-refractivity contribution in [3.63, 3.8) is 0 Å². The van der Waals surface area contributed by atoms with Crippen LogP contribution in [0.4, 0.5) is 10.5 Å². The maximum absolute atomic E-state index is 12.5. The Balaban J connectivity index is 1.59. The zero-order valence-electron chi connectivity index (χ0n) is 16.5. The number of benzene rings is 1. The number of aliphatic carboxylic acids is 1. The Morgan fingerprint density at radius 1 is 1.29 bits per heavy atom. The van der Waals surface area contributed by atoms with Crippen LogP contribution >= 0.6 is 0 Å². The lowest BCUT2D eigenvalue weighted by Crippen LogP contribution is -2.55. The van der Waals surface area contributed by atoms with Gasteiger partial charge in [0.2, 0.25) is 0 Å². The van der Waals surface area contributed by atoms with E-state index in [0.29, 0.717) is 12.2 Å². The van der Waals surface area contributed by atoms with Gasteiger partial charge in [-0.25, -0.2) is 9.48 Å². The van der Waals surface area contributed by atoms with Crippen LogP contribution in [-0.2, 0) is 4.79 Å². The quantitative estimate of drug-likeness (QED) is 0.680. The van der Waals surface area contributed by atoms with E-state index in [2.05, 4.69) is 15.7 Å². The van der Waals surface area contributed by atoms with Crippen LogP contribution in [0.2, 0.25) is 0 Å². The molecule has 1 saturated carbocycles. The average molecular weight is 385 g/mol. The summed E-state index contributed by atoms with van der Waals surface area (Å²) in [5.74, 6) is -0.822. The first-order valence-corrected chi connectivity index (χ1v) is 9.51. The highest BCUT2D eigenvalue weighted by Crippen LogP contribution is 2.26. The summed E-state index contributed by atoms with van der Waals surface area (Å²) in [4.78, 5) is 25.3. The van der Waals surface area contributed by atoms with Gasteiger partial charge in [0.1, 0.15) is 0 Å². The van der Waals surface area contributed by atoms with Crippen molar-refractivity contribution in [2.45, 2.75) is 45.7 Å². The highest BCUT2D eigenvalue weighted by Gasteiger charge is 2.34. The third-order valence-electron chi connectivity index (χ3n) is 5.07. The average Bonchev–Trinajstić information content (AvgIpc) is 3.02. The molecule has 2 amide bonds. The maximum atomic E-state index is 12.5. The van der Waals surface area contributed by atoms with E-state index in [9.17, 15) is 9.59 Å². The molecule has 1 fully saturated rings. The molecule has 0 radical (unpaired) electrons. The Morgan fingerprint density at radius 3 is 2.64 bits per heavy atom. The number of carbonyl (C=O) groups is 2. The Bertz CT molecular complexity index is 857. The second kappa shape index (κ2) is 8.43. The van der Waals surface area contributed by atoms with Gasteiger partial charge >= 0.3 is 12.0 Å². The number of hydrogen-bond donors (Lipinski definition) is 3. The minimum absolute atomic E-state index is 0.0377. The summed E-state index contributed by atoms with van der Waals surface area (Å²) in [6.45, 7) is 6.61. The van der Waals surface area contributed by atoms with E-state index in [-0.39, 0.29) is 24.7 Å². The molecule has 3 rings (SSSR count). The molecule has 8 heteroatoms. The fourth-order valence-corrected chi connectivity index (χ4v) is 3.51. The lowest BCUT2D eigenvalue weighted by atomic mass is 9.85. The molecule has 1 heterocycles. The third kappa shape index (κ3) is 4.69. The minimum atomic E-state index is -0.822. The van der Waals surface area contributed by atoms with Gasteiger partial charge < -0.3 is 15.7 Å². The van der Waals surface area contributed by atoms with Crippen molar-refractivity contribution in [3.05, 3.63) is 41.7 Å². The van der Waals surface area contributed by atoms with Crippen LogP contribution in [0.3, 0.4) is 0 Å². The van der Waals surface area contributed by atoms with Gasteiger partial charge in [-0.15, -0.1) is 0 Å². The topological polar surface area (TPSA) is 99.5 Å². The van der Waals surface area contributed by atoms with Crippen molar-refractivity contribution in [2.75, 3.05) is 18.4 Å². The molecule has 2 aromatic rings. The summed E-state index contributed by atoms with van der Waals surface area (Å²) in [7, 11) is 0. The maximum Gasteiger partial charge on any atom is 0.319 e. The number of carboxylic acids is 1. The zero-order chi connectivity index (χ0) is 20.3. The Hall–Kier alpha value is -2.87. The van der Waals surface area contributed by atoms with Crippen LogP contribution in [-0.4, -0.2) is 57.0 Å². The predicted octanol–water partition coefficient (Wildman–Crippen LogP) is 2.55. The molecule has 0 saturated heterocycles. The molecule has 8 nitrogen and oxygen atoms in total. The van der Waals surface area contributed by atoms with E-state index in [1.54, 1.807) is 10.9 Å². The summed E-state index contributed by atoms with van der Waals surface area (Å²) in [5.41, 5.74) is 3.58. The fraction of sp³-hybridized carbons (Fsp3) is 0.450. The summed E-state index contributed by atoms with van der Waals surface area (Å²) in [5, 5.41) is 19.2. The van der Waals surface area contributed by atoms with Crippen LogP contribution < -0.4 is 10.6 Å². The second-order valence-electron chi connectivity index (χ2n) is 7.36. The van der Waals surface area contributed by atoms with Gasteiger partial charge in [-0.3, -0.25) is 9.69 Å². The number of aryl methyl sites for hydroxylation is 2. The van der Waals surface area contributed by atoms with E-state index in [4.69, 9.17) is 5.11 Å². The Kier molecular flexibility index (Phi) is 5.99. The number of amides is 2. The lowest BCUT2D eigenvalue weighted by molar-refractivity contribution is -0.139. The molecular formula is C20H27N5O3. The number of anilines is 1. The molecule has 3 N–H and O–H groups in total. The van der Waals surface area contributed by atoms with Gasteiger partial charge in [0.25, 0.3) is 0 Å². The fourth-order valence-electron chi connectivity index (χ4n) is 3.51. The normalized spacial score (nSPS) is 18.6. The van der Waals surface area contributed by atoms with Gasteiger partial charge in [-0.2, -0.15) is 5.10 Å². The molecule has 150 valence electrons. The number of hydrogen-bond acceptors (Lipinski definition) is 4. The molecular weight excluding hydrogens is 358 g/mol. The van der Waals surface area contributed by atoms with Crippen LogP contribution in [0.1, 0.15) is 30.9 Å². The summed E-state index contributed by atoms with van der Waals surface area (Å²) in [6, 6.07) is 5.82. The van der Waals surface area contributed by atoms with E-state index in [0.717, 1.165) is 29.7 Å². The van der Waals surface area contributed by atoms with Crippen molar-refractivity contribution >= 4 is 17.7 Å². The molecule has 1 aliphatic carbocycles. The van der Waals surface area contributed by atoms with Gasteiger partial charge in [-0.1, -0.05) is 13.0 Å². The first kappa shape index (κ1) is 19.9. The second-order valence-corrected chi connectivity index (χ2v) is 7.36. The molecule has 28 heavy (non-hydrogen) atoms. The Labute approximate surface area is 164 Å².